The van der Waals surface area contributed by atoms with E-state index in [9.17, 15) is 9.90 Å². The maximum absolute atomic E-state index is 12.3. The summed E-state index contributed by atoms with van der Waals surface area (Å²) in [7, 11) is 4.12. The van der Waals surface area contributed by atoms with Crippen molar-refractivity contribution in [1.29, 1.82) is 0 Å². The third kappa shape index (κ3) is 7.07. The molecule has 1 unspecified atom stereocenters. The summed E-state index contributed by atoms with van der Waals surface area (Å²) in [6.07, 6.45) is 2.35. The van der Waals surface area contributed by atoms with Gasteiger partial charge in [-0.15, -0.1) is 0 Å². The number of nitrogens with zero attached hydrogens (tertiary/aromatic N) is 2. The van der Waals surface area contributed by atoms with Crippen molar-refractivity contribution in [1.82, 2.24) is 15.1 Å². The number of amides is 1. The predicted molar refractivity (Wildman–Crippen MR) is 90.8 cm³/mol. The predicted octanol–water partition coefficient (Wildman–Crippen LogP) is 1.17. The van der Waals surface area contributed by atoms with E-state index in [2.05, 4.69) is 43.1 Å². The maximum Gasteiger partial charge on any atom is 0.223 e. The summed E-state index contributed by atoms with van der Waals surface area (Å²) in [6.45, 7) is 10.6. The molecule has 0 saturated carbocycles. The maximum atomic E-state index is 12.3. The summed E-state index contributed by atoms with van der Waals surface area (Å²) < 4.78 is 0. The molecule has 0 aromatic rings. The van der Waals surface area contributed by atoms with E-state index in [0.29, 0.717) is 0 Å². The van der Waals surface area contributed by atoms with E-state index in [1.807, 2.05) is 6.92 Å². The minimum absolute atomic E-state index is 0.0884. The highest BCUT2D eigenvalue weighted by Gasteiger charge is 2.27. The molecule has 1 aliphatic rings. The fraction of sp³-hybridized carbons (Fsp3) is 0.941. The molecule has 1 saturated heterocycles. The number of likely N-dealkylation sites (tertiary alicyclic amines) is 1. The van der Waals surface area contributed by atoms with Gasteiger partial charge in [0.25, 0.3) is 0 Å². The Kier molecular flexibility index (Phi) is 7.80. The molecule has 5 nitrogen and oxygen atoms in total. The summed E-state index contributed by atoms with van der Waals surface area (Å²) in [6, 6.07) is 0. The van der Waals surface area contributed by atoms with Gasteiger partial charge in [0.05, 0.1) is 6.10 Å². The number of piperidine rings is 1. The smallest absolute Gasteiger partial charge is 0.223 e. The summed E-state index contributed by atoms with van der Waals surface area (Å²) in [5, 5.41) is 12.8. The molecule has 1 aliphatic heterocycles. The molecule has 5 heteroatoms. The molecule has 0 spiro atoms. The lowest BCUT2D eigenvalue weighted by Gasteiger charge is -2.33. The number of hydrogen-bond acceptors (Lipinski definition) is 4. The van der Waals surface area contributed by atoms with Crippen molar-refractivity contribution in [3.05, 3.63) is 0 Å². The first kappa shape index (κ1) is 19.4. The number of nitrogens with one attached hydrogen (secondary N) is 1. The van der Waals surface area contributed by atoms with Crippen LogP contribution in [0.2, 0.25) is 0 Å². The molecule has 1 amide bonds. The van der Waals surface area contributed by atoms with Crippen LogP contribution in [-0.4, -0.2) is 73.7 Å². The van der Waals surface area contributed by atoms with E-state index in [1.165, 1.54) is 0 Å². The molecular formula is C17H35N3O2. The third-order valence-corrected chi connectivity index (χ3v) is 4.38. The average molecular weight is 313 g/mol. The number of aliphatic hydroxyl groups is 1. The van der Waals surface area contributed by atoms with Crippen molar-refractivity contribution >= 4 is 5.91 Å². The minimum Gasteiger partial charge on any atom is -0.392 e. The van der Waals surface area contributed by atoms with Crippen LogP contribution in [0.15, 0.2) is 0 Å². The van der Waals surface area contributed by atoms with Crippen LogP contribution in [0.25, 0.3) is 0 Å². The highest BCUT2D eigenvalue weighted by atomic mass is 16.3. The lowest BCUT2D eigenvalue weighted by molar-refractivity contribution is -0.127. The van der Waals surface area contributed by atoms with Crippen LogP contribution >= 0.6 is 0 Å². The molecule has 1 fully saturated rings. The van der Waals surface area contributed by atoms with Crippen LogP contribution in [0, 0.1) is 11.3 Å². The fourth-order valence-corrected chi connectivity index (χ4v) is 3.19. The molecule has 0 aliphatic carbocycles. The standard InChI is InChI=1S/C17H35N3O2/c1-6-15(21)11-20-9-7-14(8-10-20)16(22)18-12-17(2,3)13-19(4)5/h14-15,21H,6-13H2,1-5H3,(H,18,22). The number of carbonyl (C=O) groups excluding carboxylic acids is 1. The van der Waals surface area contributed by atoms with Gasteiger partial charge < -0.3 is 20.2 Å². The van der Waals surface area contributed by atoms with Crippen molar-refractivity contribution < 1.29 is 9.90 Å². The second-order valence-electron chi connectivity index (χ2n) is 7.76. The van der Waals surface area contributed by atoms with Gasteiger partial charge in [0, 0.05) is 25.6 Å². The van der Waals surface area contributed by atoms with Gasteiger partial charge >= 0.3 is 0 Å². The second kappa shape index (κ2) is 8.85. The molecule has 1 heterocycles. The Morgan fingerprint density at radius 3 is 2.45 bits per heavy atom. The molecule has 130 valence electrons. The zero-order valence-corrected chi connectivity index (χ0v) is 15.1. The van der Waals surface area contributed by atoms with E-state index in [1.54, 1.807) is 0 Å². The number of hydrogen-bond donors (Lipinski definition) is 2. The highest BCUT2D eigenvalue weighted by molar-refractivity contribution is 5.78. The lowest BCUT2D eigenvalue weighted by Crippen LogP contribution is -2.45. The largest absolute Gasteiger partial charge is 0.392 e. The number of carbonyl (C=O) groups is 1. The van der Waals surface area contributed by atoms with Gasteiger partial charge in [-0.05, 0) is 51.9 Å². The van der Waals surface area contributed by atoms with Crippen molar-refractivity contribution in [2.24, 2.45) is 11.3 Å². The van der Waals surface area contributed by atoms with Crippen LogP contribution in [0.5, 0.6) is 0 Å². The fourth-order valence-electron chi connectivity index (χ4n) is 3.19. The highest BCUT2D eigenvalue weighted by Crippen LogP contribution is 2.19. The molecular weight excluding hydrogens is 278 g/mol. The minimum atomic E-state index is -0.239. The van der Waals surface area contributed by atoms with Crippen molar-refractivity contribution in [2.75, 3.05) is 46.8 Å². The van der Waals surface area contributed by atoms with E-state index < -0.39 is 0 Å². The molecule has 0 radical (unpaired) electrons. The molecule has 22 heavy (non-hydrogen) atoms. The summed E-state index contributed by atoms with van der Waals surface area (Å²) >= 11 is 0. The van der Waals surface area contributed by atoms with Gasteiger partial charge in [0.1, 0.15) is 0 Å². The first-order valence-corrected chi connectivity index (χ1v) is 8.56. The van der Waals surface area contributed by atoms with E-state index in [-0.39, 0.29) is 23.3 Å². The quantitative estimate of drug-likeness (QED) is 0.706. The average Bonchev–Trinajstić information content (AvgIpc) is 2.44. The number of aliphatic hydroxyl groups excluding tert-OH is 1. The topological polar surface area (TPSA) is 55.8 Å². The Morgan fingerprint density at radius 2 is 1.95 bits per heavy atom. The number of β-amino-alcohol motifs (C(OH)–C–C–N with tert-alkyl or cyclic N) is 1. The lowest BCUT2D eigenvalue weighted by atomic mass is 9.91. The van der Waals surface area contributed by atoms with Gasteiger partial charge in [0.2, 0.25) is 5.91 Å². The van der Waals surface area contributed by atoms with Crippen LogP contribution in [0.1, 0.15) is 40.0 Å². The molecule has 2 N–H and O–H groups in total. The van der Waals surface area contributed by atoms with Crippen LogP contribution in [0.3, 0.4) is 0 Å². The zero-order chi connectivity index (χ0) is 16.8. The molecule has 0 aromatic heterocycles. The van der Waals surface area contributed by atoms with Crippen molar-refractivity contribution in [2.45, 2.75) is 46.1 Å². The Hall–Kier alpha value is -0.650. The van der Waals surface area contributed by atoms with Gasteiger partial charge in [-0.2, -0.15) is 0 Å². The summed E-state index contributed by atoms with van der Waals surface area (Å²) in [5.74, 6) is 0.327. The van der Waals surface area contributed by atoms with Crippen LogP contribution in [0.4, 0.5) is 0 Å². The molecule has 1 atom stereocenters. The van der Waals surface area contributed by atoms with Crippen LogP contribution in [-0.2, 0) is 4.79 Å². The Balaban J connectivity index is 2.31. The summed E-state index contributed by atoms with van der Waals surface area (Å²) in [5.41, 5.74) is 0.0884. The molecule has 0 aromatic carbocycles. The third-order valence-electron chi connectivity index (χ3n) is 4.38. The monoisotopic (exact) mass is 313 g/mol. The Labute approximate surface area is 136 Å². The van der Waals surface area contributed by atoms with Crippen molar-refractivity contribution in [3.63, 3.8) is 0 Å². The van der Waals surface area contributed by atoms with Gasteiger partial charge in [-0.1, -0.05) is 20.8 Å². The first-order chi connectivity index (χ1) is 10.2. The van der Waals surface area contributed by atoms with Crippen molar-refractivity contribution in [3.8, 4) is 0 Å². The van der Waals surface area contributed by atoms with Gasteiger partial charge in [0.15, 0.2) is 0 Å². The zero-order valence-electron chi connectivity index (χ0n) is 15.1. The second-order valence-corrected chi connectivity index (χ2v) is 7.76. The Morgan fingerprint density at radius 1 is 1.36 bits per heavy atom. The van der Waals surface area contributed by atoms with E-state index in [0.717, 1.165) is 52.0 Å². The SMILES string of the molecule is CCC(O)CN1CCC(C(=O)NCC(C)(C)CN(C)C)CC1. The number of rotatable bonds is 8. The van der Waals surface area contributed by atoms with E-state index in [4.69, 9.17) is 0 Å². The molecule has 1 rings (SSSR count). The molecule has 0 bridgehead atoms. The normalized spacial score (nSPS) is 19.4. The van der Waals surface area contributed by atoms with Gasteiger partial charge in [-0.3, -0.25) is 4.79 Å². The van der Waals surface area contributed by atoms with Crippen LogP contribution < -0.4 is 5.32 Å². The first-order valence-electron chi connectivity index (χ1n) is 8.56. The van der Waals surface area contributed by atoms with Gasteiger partial charge in [-0.25, -0.2) is 0 Å². The summed E-state index contributed by atoms with van der Waals surface area (Å²) in [4.78, 5) is 16.8. The Bertz CT molecular complexity index is 337. The van der Waals surface area contributed by atoms with E-state index >= 15 is 0 Å².